The molecule has 0 unspecified atom stereocenters. The van der Waals surface area contributed by atoms with Gasteiger partial charge in [-0.2, -0.15) is 0 Å². The first-order valence-corrected chi connectivity index (χ1v) is 11.1. The Labute approximate surface area is 176 Å². The molecule has 8 nitrogen and oxygen atoms in total. The summed E-state index contributed by atoms with van der Waals surface area (Å²) in [5.41, 5.74) is 9.51. The van der Waals surface area contributed by atoms with Crippen molar-refractivity contribution in [1.29, 1.82) is 0 Å². The molecule has 4 N–H and O–H groups in total. The van der Waals surface area contributed by atoms with Gasteiger partial charge in [0.05, 0.1) is 21.5 Å². The zero-order valence-electron chi connectivity index (χ0n) is 17.3. The number of fused-ring (bicyclic) bond motifs is 2. The van der Waals surface area contributed by atoms with E-state index in [2.05, 4.69) is 0 Å². The summed E-state index contributed by atoms with van der Waals surface area (Å²) < 4.78 is 9.78. The van der Waals surface area contributed by atoms with E-state index in [1.54, 1.807) is 0 Å². The van der Waals surface area contributed by atoms with Crippen LogP contribution in [0.1, 0.15) is 75.7 Å². The standard InChI is InChI=1S/C23H26N2O6/c24-22(7-3-1-4-8-22)17(23(25)9-5-2-6-10-23)16-14-12(18(26)30-20(14)28)11-13-15(16)21(29)31-19(13)27/h11,17H,1-10,24-25H2. The van der Waals surface area contributed by atoms with E-state index >= 15 is 0 Å². The summed E-state index contributed by atoms with van der Waals surface area (Å²) >= 11 is 0. The highest BCUT2D eigenvalue weighted by Gasteiger charge is 2.50. The largest absolute Gasteiger partial charge is 0.386 e. The molecule has 2 saturated carbocycles. The van der Waals surface area contributed by atoms with Crippen LogP contribution >= 0.6 is 0 Å². The summed E-state index contributed by atoms with van der Waals surface area (Å²) in [6.07, 6.45) is 8.47. The van der Waals surface area contributed by atoms with Gasteiger partial charge in [0.25, 0.3) is 0 Å². The SMILES string of the molecule is NC1(C(c2c3c(=O)oc(=O)c3cc3c(=O)oc(=O)c23)C2(N)CCCCC2)CCCCC1. The van der Waals surface area contributed by atoms with E-state index in [0.29, 0.717) is 25.7 Å². The Balaban J connectivity index is 1.95. The van der Waals surface area contributed by atoms with Crippen molar-refractivity contribution in [1.82, 2.24) is 0 Å². The van der Waals surface area contributed by atoms with Crippen LogP contribution in [-0.4, -0.2) is 11.1 Å². The lowest BCUT2D eigenvalue weighted by atomic mass is 9.58. The van der Waals surface area contributed by atoms with Gasteiger partial charge in [0.1, 0.15) is 0 Å². The summed E-state index contributed by atoms with van der Waals surface area (Å²) in [5.74, 6) is -0.582. The highest BCUT2D eigenvalue weighted by molar-refractivity contribution is 6.02. The van der Waals surface area contributed by atoms with E-state index in [-0.39, 0.29) is 27.1 Å². The van der Waals surface area contributed by atoms with Gasteiger partial charge in [0.15, 0.2) is 0 Å². The van der Waals surface area contributed by atoms with E-state index in [4.69, 9.17) is 20.3 Å². The van der Waals surface area contributed by atoms with Crippen molar-refractivity contribution in [2.24, 2.45) is 11.5 Å². The molecule has 3 aromatic rings. The molecule has 2 aromatic heterocycles. The third-order valence-electron chi connectivity index (χ3n) is 7.59. The molecule has 2 heterocycles. The molecule has 0 radical (unpaired) electrons. The minimum atomic E-state index is -0.834. The summed E-state index contributed by atoms with van der Waals surface area (Å²) in [4.78, 5) is 50.4. The highest BCUT2D eigenvalue weighted by Crippen LogP contribution is 2.50. The van der Waals surface area contributed by atoms with Crippen LogP contribution in [0.25, 0.3) is 21.5 Å². The van der Waals surface area contributed by atoms with E-state index in [1.807, 2.05) is 0 Å². The Hall–Kier alpha value is -2.58. The van der Waals surface area contributed by atoms with E-state index < -0.39 is 39.5 Å². The molecule has 2 aliphatic carbocycles. The van der Waals surface area contributed by atoms with Gasteiger partial charge in [-0.05, 0) is 37.3 Å². The number of nitrogens with two attached hydrogens (primary N) is 2. The molecule has 0 saturated heterocycles. The van der Waals surface area contributed by atoms with Crippen LogP contribution in [0.4, 0.5) is 0 Å². The van der Waals surface area contributed by atoms with Gasteiger partial charge in [-0.25, -0.2) is 19.2 Å². The fourth-order valence-corrected chi connectivity index (χ4v) is 6.28. The van der Waals surface area contributed by atoms with Crippen molar-refractivity contribution >= 4 is 21.5 Å². The van der Waals surface area contributed by atoms with Gasteiger partial charge in [-0.1, -0.05) is 38.5 Å². The first-order chi connectivity index (χ1) is 14.8. The average Bonchev–Trinajstić information content (AvgIpc) is 3.17. The molecular weight excluding hydrogens is 400 g/mol. The molecule has 1 aromatic carbocycles. The summed E-state index contributed by atoms with van der Waals surface area (Å²) in [7, 11) is 0. The molecule has 0 amide bonds. The Morgan fingerprint density at radius 2 is 1.03 bits per heavy atom. The fraction of sp³-hybridized carbons (Fsp3) is 0.565. The summed E-state index contributed by atoms with van der Waals surface area (Å²) in [5, 5.41) is 0.000770. The fourth-order valence-electron chi connectivity index (χ4n) is 6.28. The first kappa shape index (κ1) is 20.3. The lowest BCUT2D eigenvalue weighted by Gasteiger charge is -2.51. The van der Waals surface area contributed by atoms with Crippen LogP contribution in [0, 0.1) is 0 Å². The van der Waals surface area contributed by atoms with Gasteiger partial charge >= 0.3 is 22.5 Å². The van der Waals surface area contributed by atoms with Crippen molar-refractivity contribution in [2.45, 2.75) is 81.2 Å². The average molecular weight is 426 g/mol. The zero-order valence-corrected chi connectivity index (χ0v) is 17.3. The van der Waals surface area contributed by atoms with Gasteiger partial charge in [-0.15, -0.1) is 0 Å². The van der Waals surface area contributed by atoms with Crippen LogP contribution in [-0.2, 0) is 0 Å². The lowest BCUT2D eigenvalue weighted by molar-refractivity contribution is 0.141. The minimum Gasteiger partial charge on any atom is -0.386 e. The number of hydrogen-bond acceptors (Lipinski definition) is 8. The molecule has 5 rings (SSSR count). The molecular formula is C23H26N2O6. The maximum atomic E-state index is 12.8. The van der Waals surface area contributed by atoms with Gasteiger partial charge in [0, 0.05) is 17.0 Å². The van der Waals surface area contributed by atoms with E-state index in [1.165, 1.54) is 6.07 Å². The van der Waals surface area contributed by atoms with Crippen molar-refractivity contribution in [2.75, 3.05) is 0 Å². The predicted molar refractivity (Wildman–Crippen MR) is 116 cm³/mol. The van der Waals surface area contributed by atoms with Crippen molar-refractivity contribution in [3.63, 3.8) is 0 Å². The molecule has 2 aliphatic rings. The van der Waals surface area contributed by atoms with Crippen molar-refractivity contribution in [3.8, 4) is 0 Å². The maximum Gasteiger partial charge on any atom is 0.347 e. The number of benzene rings is 1. The van der Waals surface area contributed by atoms with Crippen LogP contribution < -0.4 is 34.0 Å². The molecule has 0 atom stereocenters. The second kappa shape index (κ2) is 6.97. The normalized spacial score (nSPS) is 21.3. The first-order valence-electron chi connectivity index (χ1n) is 11.1. The van der Waals surface area contributed by atoms with Crippen LogP contribution in [0.2, 0.25) is 0 Å². The maximum absolute atomic E-state index is 12.8. The molecule has 0 aliphatic heterocycles. The zero-order chi connectivity index (χ0) is 22.0. The number of hydrogen-bond donors (Lipinski definition) is 2. The molecule has 8 heteroatoms. The minimum absolute atomic E-state index is 0.0192. The van der Waals surface area contributed by atoms with Crippen LogP contribution in [0.3, 0.4) is 0 Å². The smallest absolute Gasteiger partial charge is 0.347 e. The number of rotatable bonds is 3. The Kier molecular flexibility index (Phi) is 4.57. The molecule has 164 valence electrons. The molecule has 0 bridgehead atoms. The summed E-state index contributed by atoms with van der Waals surface area (Å²) in [6.45, 7) is 0. The second-order valence-electron chi connectivity index (χ2n) is 9.51. The van der Waals surface area contributed by atoms with Crippen molar-refractivity contribution in [3.05, 3.63) is 53.3 Å². The third-order valence-corrected chi connectivity index (χ3v) is 7.59. The van der Waals surface area contributed by atoms with Gasteiger partial charge in [-0.3, -0.25) is 0 Å². The Morgan fingerprint density at radius 3 is 1.42 bits per heavy atom. The van der Waals surface area contributed by atoms with E-state index in [0.717, 1.165) is 38.5 Å². The van der Waals surface area contributed by atoms with E-state index in [9.17, 15) is 19.2 Å². The van der Waals surface area contributed by atoms with Crippen molar-refractivity contribution < 1.29 is 8.83 Å². The topological polar surface area (TPSA) is 147 Å². The molecule has 0 spiro atoms. The molecule has 2 fully saturated rings. The van der Waals surface area contributed by atoms with Crippen LogP contribution in [0.15, 0.2) is 34.1 Å². The summed E-state index contributed by atoms with van der Waals surface area (Å²) in [6, 6.07) is 1.24. The predicted octanol–water partition coefficient (Wildman–Crippen LogP) is 1.90. The van der Waals surface area contributed by atoms with Gasteiger partial charge in [0.2, 0.25) is 0 Å². The Morgan fingerprint density at radius 1 is 0.645 bits per heavy atom. The number of furan rings is 2. The molecule has 31 heavy (non-hydrogen) atoms. The Bertz CT molecular complexity index is 1260. The second-order valence-corrected chi connectivity index (χ2v) is 9.51. The van der Waals surface area contributed by atoms with Gasteiger partial charge < -0.3 is 20.3 Å². The quantitative estimate of drug-likeness (QED) is 0.645. The highest BCUT2D eigenvalue weighted by atomic mass is 16.4. The third kappa shape index (κ3) is 2.96. The monoisotopic (exact) mass is 426 g/mol. The lowest BCUT2D eigenvalue weighted by Crippen LogP contribution is -2.61. The van der Waals surface area contributed by atoms with Crippen LogP contribution in [0.5, 0.6) is 0 Å².